The van der Waals surface area contributed by atoms with E-state index in [-0.39, 0.29) is 0 Å². The Labute approximate surface area is 135 Å². The van der Waals surface area contributed by atoms with Crippen molar-refractivity contribution in [1.82, 2.24) is 19.6 Å². The molecule has 0 saturated heterocycles. The zero-order valence-corrected chi connectivity index (χ0v) is 12.9. The molecule has 0 amide bonds. The summed E-state index contributed by atoms with van der Waals surface area (Å²) >= 11 is 0. The van der Waals surface area contributed by atoms with Crippen LogP contribution in [-0.4, -0.2) is 26.1 Å². The molecule has 0 N–H and O–H groups in total. The first kappa shape index (κ1) is 14.9. The number of aryl methyl sites for hydroxylation is 1. The minimum Gasteiger partial charge on any atom is -0.350 e. The van der Waals surface area contributed by atoms with Crippen LogP contribution in [0.1, 0.15) is 22.4 Å². The molecule has 0 atom stereocenters. The van der Waals surface area contributed by atoms with E-state index in [0.29, 0.717) is 25.1 Å². The smallest absolute Gasteiger partial charge is 0.350 e. The number of anilines is 1. The van der Waals surface area contributed by atoms with Crippen molar-refractivity contribution in [1.29, 1.82) is 0 Å². The summed E-state index contributed by atoms with van der Waals surface area (Å²) in [7, 11) is 0. The molecular formula is C16H14F3N5. The van der Waals surface area contributed by atoms with Crippen LogP contribution >= 0.6 is 0 Å². The second-order valence-corrected chi connectivity index (χ2v) is 5.91. The van der Waals surface area contributed by atoms with Crippen molar-refractivity contribution >= 4 is 11.3 Å². The van der Waals surface area contributed by atoms with Crippen LogP contribution in [0.25, 0.3) is 5.52 Å². The summed E-state index contributed by atoms with van der Waals surface area (Å²) in [5.41, 5.74) is 2.46. The minimum atomic E-state index is -4.38. The molecule has 4 rings (SSSR count). The number of halogens is 3. The van der Waals surface area contributed by atoms with E-state index in [1.165, 1.54) is 6.07 Å². The highest BCUT2D eigenvalue weighted by molar-refractivity contribution is 5.56. The average molecular weight is 333 g/mol. The molecule has 0 spiro atoms. The first-order valence-corrected chi connectivity index (χ1v) is 7.52. The van der Waals surface area contributed by atoms with Gasteiger partial charge in [0.15, 0.2) is 5.82 Å². The summed E-state index contributed by atoms with van der Waals surface area (Å²) in [4.78, 5) is 10.0. The molecule has 0 fully saturated rings. The van der Waals surface area contributed by atoms with E-state index in [0.717, 1.165) is 28.8 Å². The molecule has 1 aliphatic heterocycles. The molecule has 0 aliphatic carbocycles. The molecule has 0 aromatic carbocycles. The van der Waals surface area contributed by atoms with Crippen molar-refractivity contribution < 1.29 is 13.2 Å². The minimum absolute atomic E-state index is 0.361. The van der Waals surface area contributed by atoms with Crippen LogP contribution in [0.3, 0.4) is 0 Å². The van der Waals surface area contributed by atoms with E-state index in [1.54, 1.807) is 17.0 Å². The molecule has 3 aromatic heterocycles. The van der Waals surface area contributed by atoms with Gasteiger partial charge in [-0.3, -0.25) is 4.98 Å². The summed E-state index contributed by atoms with van der Waals surface area (Å²) in [5, 5.41) is 4.54. The number of alkyl halides is 3. The van der Waals surface area contributed by atoms with Crippen molar-refractivity contribution in [3.8, 4) is 0 Å². The number of imidazole rings is 1. The summed E-state index contributed by atoms with van der Waals surface area (Å²) in [6, 6.07) is 3.16. The lowest BCUT2D eigenvalue weighted by molar-refractivity contribution is -0.137. The summed E-state index contributed by atoms with van der Waals surface area (Å²) in [5.74, 6) is 0.753. The molecule has 124 valence electrons. The van der Waals surface area contributed by atoms with E-state index in [9.17, 15) is 13.2 Å². The topological polar surface area (TPSA) is 46.3 Å². The summed E-state index contributed by atoms with van der Waals surface area (Å²) < 4.78 is 40.4. The highest BCUT2D eigenvalue weighted by Crippen LogP contribution is 2.32. The number of rotatable bonds is 1. The highest BCUT2D eigenvalue weighted by atomic mass is 19.4. The molecule has 0 bridgehead atoms. The zero-order chi connectivity index (χ0) is 16.9. The average Bonchev–Trinajstić information content (AvgIpc) is 2.99. The predicted molar refractivity (Wildman–Crippen MR) is 81.7 cm³/mol. The van der Waals surface area contributed by atoms with Crippen LogP contribution in [0.5, 0.6) is 0 Å². The fraction of sp³-hybridized carbons (Fsp3) is 0.312. The van der Waals surface area contributed by atoms with Gasteiger partial charge in [-0.15, -0.1) is 5.10 Å². The quantitative estimate of drug-likeness (QED) is 0.687. The third-order valence-corrected chi connectivity index (χ3v) is 4.23. The molecule has 1 aliphatic rings. The van der Waals surface area contributed by atoms with E-state index in [1.807, 2.05) is 17.9 Å². The van der Waals surface area contributed by atoms with E-state index < -0.39 is 11.7 Å². The Hall–Kier alpha value is -2.64. The van der Waals surface area contributed by atoms with Crippen LogP contribution in [-0.2, 0) is 19.1 Å². The van der Waals surface area contributed by atoms with Crippen LogP contribution in [0, 0.1) is 6.92 Å². The SMILES string of the molecule is Cc1cc2cncn2nc1N1CCc2ncc(C(F)(F)F)cc2C1. The van der Waals surface area contributed by atoms with Gasteiger partial charge >= 0.3 is 6.18 Å². The van der Waals surface area contributed by atoms with Crippen molar-refractivity contribution in [2.45, 2.75) is 26.1 Å². The van der Waals surface area contributed by atoms with Gasteiger partial charge in [0, 0.05) is 31.4 Å². The Balaban J connectivity index is 1.71. The van der Waals surface area contributed by atoms with Gasteiger partial charge in [-0.25, -0.2) is 9.50 Å². The summed E-state index contributed by atoms with van der Waals surface area (Å²) in [6.45, 7) is 2.97. The number of hydrogen-bond acceptors (Lipinski definition) is 4. The van der Waals surface area contributed by atoms with Gasteiger partial charge < -0.3 is 4.90 Å². The lowest BCUT2D eigenvalue weighted by Crippen LogP contribution is -2.33. The molecule has 0 radical (unpaired) electrons. The number of nitrogens with zero attached hydrogens (tertiary/aromatic N) is 5. The highest BCUT2D eigenvalue weighted by Gasteiger charge is 2.32. The predicted octanol–water partition coefficient (Wildman–Crippen LogP) is 3.01. The second kappa shape index (κ2) is 5.19. The molecule has 4 heterocycles. The fourth-order valence-corrected chi connectivity index (χ4v) is 3.03. The van der Waals surface area contributed by atoms with E-state index >= 15 is 0 Å². The maximum Gasteiger partial charge on any atom is 0.417 e. The van der Waals surface area contributed by atoms with Crippen molar-refractivity contribution in [2.75, 3.05) is 11.4 Å². The number of hydrogen-bond donors (Lipinski definition) is 0. The first-order chi connectivity index (χ1) is 11.4. The van der Waals surface area contributed by atoms with Crippen LogP contribution in [0.4, 0.5) is 19.0 Å². The lowest BCUT2D eigenvalue weighted by Gasteiger charge is -2.30. The molecule has 0 unspecified atom stereocenters. The normalized spacial score (nSPS) is 14.9. The van der Waals surface area contributed by atoms with Gasteiger partial charge in [-0.05, 0) is 30.2 Å². The fourth-order valence-electron chi connectivity index (χ4n) is 3.03. The van der Waals surface area contributed by atoms with Gasteiger partial charge in [0.05, 0.1) is 17.3 Å². The van der Waals surface area contributed by atoms with Crippen molar-refractivity contribution in [2.24, 2.45) is 0 Å². The largest absolute Gasteiger partial charge is 0.417 e. The third-order valence-electron chi connectivity index (χ3n) is 4.23. The van der Waals surface area contributed by atoms with Gasteiger partial charge in [-0.1, -0.05) is 0 Å². The molecule has 24 heavy (non-hydrogen) atoms. The molecule has 5 nitrogen and oxygen atoms in total. The number of fused-ring (bicyclic) bond motifs is 2. The standard InChI is InChI=1S/C16H14F3N5/c1-10-4-13-7-20-9-24(13)22-15(10)23-3-2-14-11(8-23)5-12(6-21-14)16(17,18)19/h4-7,9H,2-3,8H2,1H3. The van der Waals surface area contributed by atoms with Crippen LogP contribution in [0.15, 0.2) is 30.9 Å². The maximum atomic E-state index is 12.9. The Morgan fingerprint density at radius 1 is 1.17 bits per heavy atom. The monoisotopic (exact) mass is 333 g/mol. The molecule has 8 heteroatoms. The molecule has 3 aromatic rings. The lowest BCUT2D eigenvalue weighted by atomic mass is 10.0. The van der Waals surface area contributed by atoms with Gasteiger partial charge in [0.25, 0.3) is 0 Å². The first-order valence-electron chi connectivity index (χ1n) is 7.52. The second-order valence-electron chi connectivity index (χ2n) is 5.91. The zero-order valence-electron chi connectivity index (χ0n) is 12.9. The van der Waals surface area contributed by atoms with Gasteiger partial charge in [0.2, 0.25) is 0 Å². The Kier molecular flexibility index (Phi) is 3.22. The number of pyridine rings is 1. The molecular weight excluding hydrogens is 319 g/mol. The summed E-state index contributed by atoms with van der Waals surface area (Å²) in [6.07, 6.45) is 0.453. The molecule has 0 saturated carbocycles. The Morgan fingerprint density at radius 3 is 2.79 bits per heavy atom. The van der Waals surface area contributed by atoms with Crippen molar-refractivity contribution in [3.63, 3.8) is 0 Å². The Bertz CT molecular complexity index is 916. The maximum absolute atomic E-state index is 12.9. The van der Waals surface area contributed by atoms with Gasteiger partial charge in [0.1, 0.15) is 6.33 Å². The van der Waals surface area contributed by atoms with Crippen molar-refractivity contribution in [3.05, 3.63) is 53.2 Å². The van der Waals surface area contributed by atoms with E-state index in [4.69, 9.17) is 0 Å². The van der Waals surface area contributed by atoms with E-state index in [2.05, 4.69) is 15.1 Å². The van der Waals surface area contributed by atoms with Gasteiger partial charge in [-0.2, -0.15) is 13.2 Å². The van der Waals surface area contributed by atoms with Crippen LogP contribution < -0.4 is 4.90 Å². The van der Waals surface area contributed by atoms with Crippen LogP contribution in [0.2, 0.25) is 0 Å². The Morgan fingerprint density at radius 2 is 2.00 bits per heavy atom. The third kappa shape index (κ3) is 2.47. The number of aromatic nitrogens is 4.